The number of hydrogen-bond acceptors (Lipinski definition) is 12. The van der Waals surface area contributed by atoms with Gasteiger partial charge in [-0.3, -0.25) is 24.6 Å². The molecule has 14 nitrogen and oxygen atoms in total. The molecule has 218 valence electrons. The number of likely N-dealkylation sites (tertiary alicyclic amines) is 1. The molecular weight excluding hydrogens is 546 g/mol. The highest BCUT2D eigenvalue weighted by atomic mass is 19.1. The topological polar surface area (TPSA) is 212 Å². The van der Waals surface area contributed by atoms with Crippen LogP contribution in [0.15, 0.2) is 53.3 Å². The highest BCUT2D eigenvalue weighted by Gasteiger charge is 2.64. The predicted octanol–water partition coefficient (Wildman–Crippen LogP) is -2.19. The number of carbonyl (C=O) groups excluding carboxylic acids is 3. The summed E-state index contributed by atoms with van der Waals surface area (Å²) in [7, 11) is 5.55. The Morgan fingerprint density at radius 1 is 1.17 bits per heavy atom. The van der Waals surface area contributed by atoms with Gasteiger partial charge >= 0.3 is 0 Å². The van der Waals surface area contributed by atoms with E-state index in [1.165, 1.54) is 6.07 Å². The third-order valence-corrected chi connectivity index (χ3v) is 7.06. The lowest BCUT2D eigenvalue weighted by molar-refractivity contribution is -0.252. The highest BCUT2D eigenvalue weighted by Crippen LogP contribution is 2.36. The van der Waals surface area contributed by atoms with E-state index in [-0.39, 0.29) is 12.1 Å². The number of amides is 3. The largest absolute Gasteiger partial charge is 0.505 e. The number of halogens is 1. The number of rotatable bonds is 7. The minimum atomic E-state index is -3.73. The number of nitrogens with zero attached hydrogens (tertiary/aromatic N) is 2. The first-order valence-corrected chi connectivity index (χ1v) is 12.3. The van der Waals surface area contributed by atoms with E-state index >= 15 is 0 Å². The second-order valence-corrected chi connectivity index (χ2v) is 9.82. The standard InChI is InChI=1S/C25H28BFN4O10/c1-12(32)18(33)17-15(11-31(22(17)36)19-21(35)29-23(37)25(39,40)24(19,26)38)20(34)28-9-14-8-13(2-3-16(14)27)10-30-4-6-41-7-5-30/h2-3,8,19,28,32-34,38-40H,1,4-7,9-11H2,(H,29,35,37)/b18-17-,20-15-. The van der Waals surface area contributed by atoms with Gasteiger partial charge in [-0.25, -0.2) is 4.39 Å². The van der Waals surface area contributed by atoms with Gasteiger partial charge in [0.25, 0.3) is 23.5 Å². The molecular formula is C25H28BFN4O10. The fourth-order valence-corrected chi connectivity index (χ4v) is 4.77. The number of aliphatic hydroxyl groups excluding tert-OH is 3. The molecule has 2 atom stereocenters. The molecule has 3 fully saturated rings. The van der Waals surface area contributed by atoms with E-state index in [1.54, 1.807) is 17.4 Å². The van der Waals surface area contributed by atoms with E-state index in [4.69, 9.17) is 12.6 Å². The molecule has 0 bridgehead atoms. The molecule has 16 heteroatoms. The van der Waals surface area contributed by atoms with Crippen molar-refractivity contribution in [2.75, 3.05) is 32.8 Å². The Hall–Kier alpha value is -3.96. The lowest BCUT2D eigenvalue weighted by Gasteiger charge is -2.47. The molecule has 3 amide bonds. The van der Waals surface area contributed by atoms with Gasteiger partial charge in [-0.05, 0) is 17.7 Å². The number of hydrogen-bond donors (Lipinski definition) is 8. The first-order chi connectivity index (χ1) is 19.2. The zero-order chi connectivity index (χ0) is 30.3. The van der Waals surface area contributed by atoms with Crippen LogP contribution in [0.2, 0.25) is 0 Å². The number of aliphatic hydroxyl groups is 6. The number of piperidine rings is 1. The van der Waals surface area contributed by atoms with Gasteiger partial charge in [0.2, 0.25) is 0 Å². The van der Waals surface area contributed by atoms with Crippen LogP contribution in [-0.4, -0.2) is 116 Å². The van der Waals surface area contributed by atoms with E-state index in [0.717, 1.165) is 5.56 Å². The second-order valence-electron chi connectivity index (χ2n) is 9.82. The van der Waals surface area contributed by atoms with Crippen LogP contribution in [-0.2, 0) is 32.2 Å². The van der Waals surface area contributed by atoms with Crippen molar-refractivity contribution in [3.8, 4) is 0 Å². The molecule has 8 N–H and O–H groups in total. The molecule has 2 unspecified atom stereocenters. The van der Waals surface area contributed by atoms with Crippen LogP contribution in [0.1, 0.15) is 11.1 Å². The Morgan fingerprint density at radius 3 is 2.46 bits per heavy atom. The summed E-state index contributed by atoms with van der Waals surface area (Å²) >= 11 is 0. The molecule has 2 radical (unpaired) electrons. The normalized spacial score (nSPS) is 27.5. The van der Waals surface area contributed by atoms with E-state index in [2.05, 4.69) is 16.8 Å². The molecule has 0 aliphatic carbocycles. The molecule has 41 heavy (non-hydrogen) atoms. The monoisotopic (exact) mass is 574 g/mol. The smallest absolute Gasteiger partial charge is 0.288 e. The molecule has 1 aromatic carbocycles. The van der Waals surface area contributed by atoms with Gasteiger partial charge in [-0.15, -0.1) is 0 Å². The molecule has 0 saturated carbocycles. The summed E-state index contributed by atoms with van der Waals surface area (Å²) in [5.41, 5.74) is -3.76. The van der Waals surface area contributed by atoms with Crippen molar-refractivity contribution in [2.45, 2.75) is 30.4 Å². The van der Waals surface area contributed by atoms with E-state index in [0.29, 0.717) is 37.7 Å². The maximum Gasteiger partial charge on any atom is 0.288 e. The number of morpholine rings is 1. The van der Waals surface area contributed by atoms with Crippen molar-refractivity contribution >= 4 is 25.6 Å². The number of carbonyl (C=O) groups is 3. The highest BCUT2D eigenvalue weighted by molar-refractivity contribution is 6.24. The molecule has 3 heterocycles. The van der Waals surface area contributed by atoms with Crippen LogP contribution in [0.4, 0.5) is 4.39 Å². The Balaban J connectivity index is 1.64. The minimum absolute atomic E-state index is 0.136. The second kappa shape index (κ2) is 11.1. The van der Waals surface area contributed by atoms with Crippen molar-refractivity contribution < 1.29 is 54.2 Å². The van der Waals surface area contributed by atoms with Crippen molar-refractivity contribution in [1.29, 1.82) is 0 Å². The molecule has 3 aliphatic rings. The summed E-state index contributed by atoms with van der Waals surface area (Å²) in [5.74, 6) is -11.7. The van der Waals surface area contributed by atoms with Crippen LogP contribution >= 0.6 is 0 Å². The van der Waals surface area contributed by atoms with Crippen LogP contribution < -0.4 is 10.6 Å². The van der Waals surface area contributed by atoms with Crippen molar-refractivity contribution in [1.82, 2.24) is 20.4 Å². The van der Waals surface area contributed by atoms with Crippen LogP contribution in [0.3, 0.4) is 0 Å². The number of benzene rings is 1. The predicted molar refractivity (Wildman–Crippen MR) is 137 cm³/mol. The summed E-state index contributed by atoms with van der Waals surface area (Å²) < 4.78 is 19.9. The average Bonchev–Trinajstić information content (AvgIpc) is 3.24. The van der Waals surface area contributed by atoms with Crippen molar-refractivity contribution in [2.24, 2.45) is 0 Å². The summed E-state index contributed by atoms with van der Waals surface area (Å²) in [6.45, 7) is 5.10. The zero-order valence-electron chi connectivity index (χ0n) is 21.6. The van der Waals surface area contributed by atoms with Gasteiger partial charge in [-0.2, -0.15) is 0 Å². The van der Waals surface area contributed by atoms with Crippen molar-refractivity contribution in [3.05, 3.63) is 70.3 Å². The first-order valence-electron chi connectivity index (χ1n) is 12.3. The molecule has 0 aromatic heterocycles. The lowest BCUT2D eigenvalue weighted by Crippen LogP contribution is -2.79. The number of ether oxygens (including phenoxy) is 1. The van der Waals surface area contributed by atoms with Gasteiger partial charge in [0.1, 0.15) is 25.2 Å². The number of imide groups is 1. The summed E-state index contributed by atoms with van der Waals surface area (Å²) in [5, 5.41) is 65.7. The van der Waals surface area contributed by atoms with Gasteiger partial charge in [0, 0.05) is 37.3 Å². The summed E-state index contributed by atoms with van der Waals surface area (Å²) in [4.78, 5) is 40.2. The van der Waals surface area contributed by atoms with Crippen LogP contribution in [0, 0.1) is 5.82 Å². The Labute approximate surface area is 234 Å². The average molecular weight is 574 g/mol. The van der Waals surface area contributed by atoms with E-state index < -0.39 is 76.0 Å². The Bertz CT molecular complexity index is 1360. The van der Waals surface area contributed by atoms with Crippen molar-refractivity contribution in [3.63, 3.8) is 0 Å². The molecule has 4 rings (SSSR count). The maximum atomic E-state index is 14.6. The van der Waals surface area contributed by atoms with Gasteiger partial charge in [0.05, 0.1) is 25.3 Å². The molecule has 1 aromatic rings. The van der Waals surface area contributed by atoms with Crippen LogP contribution in [0.25, 0.3) is 0 Å². The van der Waals surface area contributed by atoms with Gasteiger partial charge in [0.15, 0.2) is 17.4 Å². The summed E-state index contributed by atoms with van der Waals surface area (Å²) in [6.07, 6.45) is 0. The SMILES string of the molecule is [B]C1(O)C(N2CC(=C(/O)NCc3cc(CN4CCOCC4)ccc3F)/C(=C(/O)C(=C)O)C2=O)C(=O)NC(=O)C1(O)O. The maximum absolute atomic E-state index is 14.6. The van der Waals surface area contributed by atoms with Gasteiger partial charge in [-0.1, -0.05) is 12.6 Å². The lowest BCUT2D eigenvalue weighted by atomic mass is 9.66. The summed E-state index contributed by atoms with van der Waals surface area (Å²) in [6, 6.07) is 2.12. The van der Waals surface area contributed by atoms with Gasteiger partial charge < -0.3 is 45.6 Å². The Kier molecular flexibility index (Phi) is 8.15. The Morgan fingerprint density at radius 2 is 1.83 bits per heavy atom. The van der Waals surface area contributed by atoms with E-state index in [1.807, 2.05) is 0 Å². The number of nitrogens with one attached hydrogen (secondary N) is 2. The third kappa shape index (κ3) is 5.51. The fraction of sp³-hybridized carbons (Fsp3) is 0.400. The quantitative estimate of drug-likeness (QED) is 0.0574. The molecule has 0 spiro atoms. The third-order valence-electron chi connectivity index (χ3n) is 7.06. The van der Waals surface area contributed by atoms with Crippen LogP contribution in [0.5, 0.6) is 0 Å². The first kappa shape index (κ1) is 30.0. The zero-order valence-corrected chi connectivity index (χ0v) is 21.6. The minimum Gasteiger partial charge on any atom is -0.505 e. The molecule has 3 aliphatic heterocycles. The fourth-order valence-electron chi connectivity index (χ4n) is 4.77. The van der Waals surface area contributed by atoms with E-state index in [9.17, 15) is 49.4 Å². The molecule has 3 saturated heterocycles.